The third kappa shape index (κ3) is 3.45. The second kappa shape index (κ2) is 7.49. The van der Waals surface area contributed by atoms with Crippen LogP contribution in [0.1, 0.15) is 24.0 Å². The molecule has 1 fully saturated rings. The zero-order valence-corrected chi connectivity index (χ0v) is 18.4. The van der Waals surface area contributed by atoms with E-state index in [0.717, 1.165) is 24.2 Å². The molecule has 5 rings (SSSR count). The largest absolute Gasteiger partial charge is 0.381 e. The number of fused-ring (bicyclic) bond motifs is 2. The van der Waals surface area contributed by atoms with Gasteiger partial charge >= 0.3 is 0 Å². The third-order valence-electron chi connectivity index (χ3n) is 6.33. The van der Waals surface area contributed by atoms with Crippen LogP contribution >= 0.6 is 0 Å². The zero-order chi connectivity index (χ0) is 21.8. The minimum absolute atomic E-state index is 0.324. The number of H-pyrrole nitrogens is 1. The fourth-order valence-electron chi connectivity index (χ4n) is 4.52. The smallest absolute Gasteiger partial charge is 0.235 e. The Hall–Kier alpha value is -2.65. The lowest BCUT2D eigenvalue weighted by Gasteiger charge is -2.23. The van der Waals surface area contributed by atoms with Crippen LogP contribution in [-0.2, 0) is 21.2 Å². The lowest BCUT2D eigenvalue weighted by molar-refractivity contribution is 0.0984. The maximum Gasteiger partial charge on any atom is 0.235 e. The Balaban J connectivity index is 1.64. The quantitative estimate of drug-likeness (QED) is 0.642. The Morgan fingerprint density at radius 1 is 1.26 bits per heavy atom. The van der Waals surface area contributed by atoms with Gasteiger partial charge in [0.1, 0.15) is 11.5 Å². The first kappa shape index (κ1) is 20.3. The predicted molar refractivity (Wildman–Crippen MR) is 120 cm³/mol. The molecule has 0 bridgehead atoms. The van der Waals surface area contributed by atoms with Crippen molar-refractivity contribution in [1.82, 2.24) is 9.97 Å². The molecule has 0 saturated carbocycles. The Bertz CT molecular complexity index is 1270. The number of sulfonamides is 1. The van der Waals surface area contributed by atoms with Gasteiger partial charge in [-0.1, -0.05) is 0 Å². The highest BCUT2D eigenvalue weighted by molar-refractivity contribution is 7.93. The number of aromatic nitrogens is 2. The maximum absolute atomic E-state index is 15.1. The first-order valence-electron chi connectivity index (χ1n) is 10.4. The molecular formula is C22H25FN4O3S. The molecule has 2 N–H and O–H groups in total. The fraction of sp³-hybridized carbons (Fsp3) is 0.409. The molecule has 164 valence electrons. The van der Waals surface area contributed by atoms with E-state index in [2.05, 4.69) is 19.6 Å². The standard InChI is InChI=1S/C22H25FN4O3S/c1-13-11-24-22-20(21(13)26-31(28,29)15-4-7-30-8-5-15)17(12-25-22)16-10-19-14(9-18(16)23)3-6-27(19)2/h9-12,15H,3-8H2,1-2H3,(H2,24,25,26). The van der Waals surface area contributed by atoms with Crippen molar-refractivity contribution in [3.63, 3.8) is 0 Å². The average molecular weight is 445 g/mol. The number of pyridine rings is 1. The van der Waals surface area contributed by atoms with E-state index in [1.165, 1.54) is 0 Å². The van der Waals surface area contributed by atoms with Crippen LogP contribution in [0.2, 0.25) is 0 Å². The van der Waals surface area contributed by atoms with Gasteiger partial charge in [-0.15, -0.1) is 0 Å². The number of anilines is 2. The molecule has 1 saturated heterocycles. The maximum atomic E-state index is 15.1. The lowest BCUT2D eigenvalue weighted by atomic mass is 10.00. The second-order valence-corrected chi connectivity index (χ2v) is 10.3. The summed E-state index contributed by atoms with van der Waals surface area (Å²) < 4.78 is 49.4. The molecule has 9 heteroatoms. The van der Waals surface area contributed by atoms with Crippen molar-refractivity contribution in [3.8, 4) is 11.1 Å². The number of nitrogens with one attached hydrogen (secondary N) is 2. The number of ether oxygens (including phenoxy) is 1. The first-order valence-corrected chi connectivity index (χ1v) is 12.0. The molecule has 2 aromatic heterocycles. The van der Waals surface area contributed by atoms with Crippen LogP contribution in [0.5, 0.6) is 0 Å². The summed E-state index contributed by atoms with van der Waals surface area (Å²) in [6.45, 7) is 3.51. The van der Waals surface area contributed by atoms with Crippen molar-refractivity contribution in [3.05, 3.63) is 41.5 Å². The summed E-state index contributed by atoms with van der Waals surface area (Å²) in [5.74, 6) is -0.324. The van der Waals surface area contributed by atoms with Crippen LogP contribution in [0.25, 0.3) is 22.2 Å². The van der Waals surface area contributed by atoms with Gasteiger partial charge in [0, 0.05) is 56.0 Å². The van der Waals surface area contributed by atoms with Crippen LogP contribution in [0.4, 0.5) is 15.8 Å². The van der Waals surface area contributed by atoms with Gasteiger partial charge in [0.25, 0.3) is 0 Å². The van der Waals surface area contributed by atoms with Gasteiger partial charge in [0.05, 0.1) is 16.3 Å². The van der Waals surface area contributed by atoms with Crippen molar-refractivity contribution in [1.29, 1.82) is 0 Å². The van der Waals surface area contributed by atoms with Crippen molar-refractivity contribution >= 4 is 32.4 Å². The summed E-state index contributed by atoms with van der Waals surface area (Å²) in [5.41, 5.74) is 4.64. The Morgan fingerprint density at radius 2 is 2.03 bits per heavy atom. The van der Waals surface area contributed by atoms with Gasteiger partial charge in [-0.25, -0.2) is 17.8 Å². The van der Waals surface area contributed by atoms with Crippen molar-refractivity contribution in [2.45, 2.75) is 31.4 Å². The molecular weight excluding hydrogens is 419 g/mol. The number of benzene rings is 1. The van der Waals surface area contributed by atoms with E-state index in [9.17, 15) is 8.42 Å². The summed E-state index contributed by atoms with van der Waals surface area (Å²) >= 11 is 0. The normalized spacial score (nSPS) is 17.3. The third-order valence-corrected chi connectivity index (χ3v) is 8.17. The van der Waals surface area contributed by atoms with Crippen molar-refractivity contribution in [2.24, 2.45) is 0 Å². The molecule has 0 unspecified atom stereocenters. The van der Waals surface area contributed by atoms with E-state index in [1.54, 1.807) is 25.4 Å². The molecule has 1 aromatic carbocycles. The molecule has 4 heterocycles. The molecule has 2 aliphatic rings. The molecule has 0 amide bonds. The van der Waals surface area contributed by atoms with E-state index >= 15 is 4.39 Å². The van der Waals surface area contributed by atoms with Crippen LogP contribution in [0.15, 0.2) is 24.5 Å². The predicted octanol–water partition coefficient (Wildman–Crippen LogP) is 3.59. The lowest BCUT2D eigenvalue weighted by Crippen LogP contribution is -2.33. The zero-order valence-electron chi connectivity index (χ0n) is 17.5. The van der Waals surface area contributed by atoms with E-state index < -0.39 is 15.3 Å². The van der Waals surface area contributed by atoms with Crippen LogP contribution in [0.3, 0.4) is 0 Å². The minimum atomic E-state index is -3.63. The molecule has 0 atom stereocenters. The van der Waals surface area contributed by atoms with Gasteiger partial charge in [-0.2, -0.15) is 0 Å². The minimum Gasteiger partial charge on any atom is -0.381 e. The van der Waals surface area contributed by atoms with E-state index in [0.29, 0.717) is 59.5 Å². The van der Waals surface area contributed by atoms with Crippen LogP contribution < -0.4 is 9.62 Å². The van der Waals surface area contributed by atoms with Gasteiger partial charge in [-0.3, -0.25) is 4.72 Å². The molecule has 2 aliphatic heterocycles. The van der Waals surface area contributed by atoms with Gasteiger partial charge < -0.3 is 14.6 Å². The fourth-order valence-corrected chi connectivity index (χ4v) is 6.05. The molecule has 3 aromatic rings. The summed E-state index contributed by atoms with van der Waals surface area (Å²) in [4.78, 5) is 9.59. The molecule has 0 spiro atoms. The molecule has 0 radical (unpaired) electrons. The highest BCUT2D eigenvalue weighted by Gasteiger charge is 2.30. The number of halogens is 1. The van der Waals surface area contributed by atoms with Crippen molar-refractivity contribution in [2.75, 3.05) is 36.4 Å². The molecule has 7 nitrogen and oxygen atoms in total. The van der Waals surface area contributed by atoms with Gasteiger partial charge in [0.2, 0.25) is 10.0 Å². The summed E-state index contributed by atoms with van der Waals surface area (Å²) in [7, 11) is -1.64. The van der Waals surface area contributed by atoms with E-state index in [-0.39, 0.29) is 5.82 Å². The van der Waals surface area contributed by atoms with Gasteiger partial charge in [0.15, 0.2) is 0 Å². The average Bonchev–Trinajstić information content (AvgIpc) is 3.34. The van der Waals surface area contributed by atoms with Gasteiger partial charge in [-0.05, 0) is 49.4 Å². The SMILES string of the molecule is Cc1cnc2[nH]cc(-c3cc4c(cc3F)CCN4C)c2c1NS(=O)(=O)C1CCOCC1. The number of hydrogen-bond donors (Lipinski definition) is 2. The number of nitrogens with zero attached hydrogens (tertiary/aromatic N) is 2. The van der Waals surface area contributed by atoms with E-state index in [4.69, 9.17) is 4.74 Å². The summed E-state index contributed by atoms with van der Waals surface area (Å²) in [5, 5.41) is 0.0618. The molecule has 31 heavy (non-hydrogen) atoms. The first-order chi connectivity index (χ1) is 14.8. The highest BCUT2D eigenvalue weighted by atomic mass is 32.2. The van der Waals surface area contributed by atoms with E-state index in [1.807, 2.05) is 13.1 Å². The number of aromatic amines is 1. The Morgan fingerprint density at radius 3 is 2.81 bits per heavy atom. The molecule has 0 aliphatic carbocycles. The Labute approximate surface area is 180 Å². The summed E-state index contributed by atoms with van der Waals surface area (Å²) in [6.07, 6.45) is 5.04. The second-order valence-electron chi connectivity index (χ2n) is 8.33. The van der Waals surface area contributed by atoms with Crippen LogP contribution in [-0.4, -0.2) is 50.4 Å². The summed E-state index contributed by atoms with van der Waals surface area (Å²) in [6, 6.07) is 3.43. The number of hydrogen-bond acceptors (Lipinski definition) is 5. The van der Waals surface area contributed by atoms with Crippen molar-refractivity contribution < 1.29 is 17.5 Å². The number of aryl methyl sites for hydroxylation is 1. The topological polar surface area (TPSA) is 87.3 Å². The monoisotopic (exact) mass is 444 g/mol. The highest BCUT2D eigenvalue weighted by Crippen LogP contribution is 2.40. The Kier molecular flexibility index (Phi) is 4.90. The number of likely N-dealkylation sites (N-methyl/N-ethyl adjacent to an activating group) is 1. The van der Waals surface area contributed by atoms with Crippen LogP contribution in [0, 0.1) is 12.7 Å². The number of rotatable bonds is 4.